The zero-order valence-corrected chi connectivity index (χ0v) is 19.7. The van der Waals surface area contributed by atoms with Gasteiger partial charge in [-0.3, -0.25) is 19.0 Å². The van der Waals surface area contributed by atoms with Gasteiger partial charge >= 0.3 is 11.7 Å². The Kier molecular flexibility index (Phi) is 6.85. The summed E-state index contributed by atoms with van der Waals surface area (Å²) in [5, 5.41) is 2.86. The standard InChI is InChI=1S/C23H29N5O5/c1-13(2)15-8-7-9-16(14(3)4)19(15)25-17(29)11-33-18(30)10-28-22(31)20-21(24-12-26(20)5)27(6)23(28)32/h7-9,12-14H,10-11H2,1-6H3,(H,25,29). The number of carbonyl (C=O) groups excluding carboxylic acids is 2. The Labute approximate surface area is 190 Å². The molecule has 0 atom stereocenters. The van der Waals surface area contributed by atoms with Crippen LogP contribution < -0.4 is 16.6 Å². The molecule has 0 bridgehead atoms. The molecule has 2 heterocycles. The number of nitrogens with one attached hydrogen (secondary N) is 1. The van der Waals surface area contributed by atoms with E-state index in [0.717, 1.165) is 21.4 Å². The summed E-state index contributed by atoms with van der Waals surface area (Å²) in [6.45, 7) is 6.99. The van der Waals surface area contributed by atoms with Gasteiger partial charge in [-0.15, -0.1) is 0 Å². The molecule has 1 N–H and O–H groups in total. The van der Waals surface area contributed by atoms with Crippen LogP contribution in [0.25, 0.3) is 11.2 Å². The van der Waals surface area contributed by atoms with Gasteiger partial charge in [-0.1, -0.05) is 45.9 Å². The van der Waals surface area contributed by atoms with Crippen LogP contribution in [0.4, 0.5) is 5.69 Å². The average molecular weight is 456 g/mol. The van der Waals surface area contributed by atoms with E-state index in [2.05, 4.69) is 10.3 Å². The fourth-order valence-corrected chi connectivity index (χ4v) is 3.73. The second-order valence-electron chi connectivity index (χ2n) is 8.59. The van der Waals surface area contributed by atoms with E-state index in [-0.39, 0.29) is 23.0 Å². The predicted molar refractivity (Wildman–Crippen MR) is 124 cm³/mol. The summed E-state index contributed by atoms with van der Waals surface area (Å²) in [7, 11) is 3.08. The number of nitrogens with zero attached hydrogens (tertiary/aromatic N) is 4. The molecule has 0 fully saturated rings. The van der Waals surface area contributed by atoms with Crippen molar-refractivity contribution in [3.63, 3.8) is 0 Å². The minimum Gasteiger partial charge on any atom is -0.454 e. The molecular formula is C23H29N5O5. The molecule has 0 saturated carbocycles. The largest absolute Gasteiger partial charge is 0.454 e. The number of esters is 1. The van der Waals surface area contributed by atoms with Crippen molar-refractivity contribution in [3.05, 3.63) is 56.5 Å². The van der Waals surface area contributed by atoms with Crippen LogP contribution in [0.3, 0.4) is 0 Å². The SMILES string of the molecule is CC(C)c1cccc(C(C)C)c1NC(=O)COC(=O)Cn1c(=O)c2c(ncn2C)n(C)c1=O. The van der Waals surface area contributed by atoms with Crippen molar-refractivity contribution in [2.45, 2.75) is 46.1 Å². The molecule has 33 heavy (non-hydrogen) atoms. The number of benzene rings is 1. The third-order valence-electron chi connectivity index (χ3n) is 5.49. The number of aromatic nitrogens is 4. The molecule has 1 amide bonds. The smallest absolute Gasteiger partial charge is 0.333 e. The van der Waals surface area contributed by atoms with Gasteiger partial charge in [0.2, 0.25) is 0 Å². The number of carbonyl (C=O) groups is 2. The molecule has 10 heteroatoms. The van der Waals surface area contributed by atoms with Gasteiger partial charge in [-0.05, 0) is 23.0 Å². The van der Waals surface area contributed by atoms with E-state index < -0.39 is 36.3 Å². The van der Waals surface area contributed by atoms with Crippen LogP contribution >= 0.6 is 0 Å². The van der Waals surface area contributed by atoms with Crippen LogP contribution in [0.15, 0.2) is 34.1 Å². The van der Waals surface area contributed by atoms with E-state index in [1.54, 1.807) is 7.05 Å². The summed E-state index contributed by atoms with van der Waals surface area (Å²) in [5.41, 5.74) is 1.76. The van der Waals surface area contributed by atoms with Crippen molar-refractivity contribution in [2.75, 3.05) is 11.9 Å². The van der Waals surface area contributed by atoms with Crippen molar-refractivity contribution >= 4 is 28.7 Å². The Morgan fingerprint density at radius 1 is 1.06 bits per heavy atom. The van der Waals surface area contributed by atoms with Gasteiger partial charge in [0.05, 0.1) is 6.33 Å². The number of ether oxygens (including phenoxy) is 1. The van der Waals surface area contributed by atoms with Crippen molar-refractivity contribution < 1.29 is 14.3 Å². The first kappa shape index (κ1) is 24.0. The molecule has 1 aromatic carbocycles. The van der Waals surface area contributed by atoms with Gasteiger partial charge in [0.1, 0.15) is 6.54 Å². The van der Waals surface area contributed by atoms with Crippen LogP contribution in [0.2, 0.25) is 0 Å². The first-order valence-corrected chi connectivity index (χ1v) is 10.7. The Balaban J connectivity index is 1.75. The van der Waals surface area contributed by atoms with E-state index in [4.69, 9.17) is 4.74 Å². The van der Waals surface area contributed by atoms with E-state index >= 15 is 0 Å². The average Bonchev–Trinajstić information content (AvgIpc) is 3.15. The fraction of sp³-hybridized carbons (Fsp3) is 0.435. The van der Waals surface area contributed by atoms with Gasteiger partial charge in [-0.2, -0.15) is 0 Å². The van der Waals surface area contributed by atoms with Gasteiger partial charge < -0.3 is 14.6 Å². The van der Waals surface area contributed by atoms with Gasteiger partial charge in [0.15, 0.2) is 17.8 Å². The number of imidazole rings is 1. The third kappa shape index (κ3) is 4.74. The number of fused-ring (bicyclic) bond motifs is 1. The van der Waals surface area contributed by atoms with Crippen molar-refractivity contribution in [3.8, 4) is 0 Å². The lowest BCUT2D eigenvalue weighted by Gasteiger charge is -2.20. The summed E-state index contributed by atoms with van der Waals surface area (Å²) < 4.78 is 8.51. The highest BCUT2D eigenvalue weighted by Crippen LogP contribution is 2.32. The molecule has 0 unspecified atom stereocenters. The van der Waals surface area contributed by atoms with Crippen LogP contribution in [-0.4, -0.2) is 37.2 Å². The lowest BCUT2D eigenvalue weighted by atomic mass is 9.92. The summed E-state index contributed by atoms with van der Waals surface area (Å²) in [6, 6.07) is 5.86. The fourth-order valence-electron chi connectivity index (χ4n) is 3.73. The molecule has 0 aliphatic heterocycles. The van der Waals surface area contributed by atoms with Crippen LogP contribution in [0.5, 0.6) is 0 Å². The number of para-hydroxylation sites is 1. The van der Waals surface area contributed by atoms with E-state index in [9.17, 15) is 19.2 Å². The number of hydrogen-bond acceptors (Lipinski definition) is 6. The Morgan fingerprint density at radius 2 is 1.67 bits per heavy atom. The zero-order chi connectivity index (χ0) is 24.4. The molecule has 0 spiro atoms. The molecular weight excluding hydrogens is 426 g/mol. The van der Waals surface area contributed by atoms with Gasteiger partial charge in [0.25, 0.3) is 11.5 Å². The summed E-state index contributed by atoms with van der Waals surface area (Å²) in [5.74, 6) is -0.995. The van der Waals surface area contributed by atoms with Crippen LogP contribution in [0.1, 0.15) is 50.7 Å². The van der Waals surface area contributed by atoms with Crippen molar-refractivity contribution in [2.24, 2.45) is 14.1 Å². The summed E-state index contributed by atoms with van der Waals surface area (Å²) in [6.07, 6.45) is 1.42. The molecule has 2 aromatic heterocycles. The lowest BCUT2D eigenvalue weighted by molar-refractivity contribution is -0.148. The van der Waals surface area contributed by atoms with Crippen LogP contribution in [0, 0.1) is 0 Å². The molecule has 3 rings (SSSR count). The highest BCUT2D eigenvalue weighted by Gasteiger charge is 2.19. The number of rotatable bonds is 7. The summed E-state index contributed by atoms with van der Waals surface area (Å²) in [4.78, 5) is 54.2. The Morgan fingerprint density at radius 3 is 2.24 bits per heavy atom. The second kappa shape index (κ2) is 9.43. The number of amides is 1. The number of hydrogen-bond donors (Lipinski definition) is 1. The minimum atomic E-state index is -0.868. The van der Waals surface area contributed by atoms with Crippen LogP contribution in [-0.2, 0) is 35.0 Å². The third-order valence-corrected chi connectivity index (χ3v) is 5.49. The second-order valence-corrected chi connectivity index (χ2v) is 8.59. The molecule has 0 aliphatic carbocycles. The molecule has 10 nitrogen and oxygen atoms in total. The topological polar surface area (TPSA) is 117 Å². The van der Waals surface area contributed by atoms with Crippen molar-refractivity contribution in [1.82, 2.24) is 18.7 Å². The normalized spacial score (nSPS) is 11.4. The minimum absolute atomic E-state index is 0.187. The van der Waals surface area contributed by atoms with E-state index in [1.165, 1.54) is 22.5 Å². The summed E-state index contributed by atoms with van der Waals surface area (Å²) >= 11 is 0. The zero-order valence-electron chi connectivity index (χ0n) is 19.7. The van der Waals surface area contributed by atoms with Gasteiger partial charge in [-0.25, -0.2) is 14.3 Å². The Hall–Kier alpha value is -3.69. The maximum atomic E-state index is 12.7. The number of aryl methyl sites for hydroxylation is 2. The quantitative estimate of drug-likeness (QED) is 0.544. The monoisotopic (exact) mass is 455 g/mol. The van der Waals surface area contributed by atoms with E-state index in [1.807, 2.05) is 45.9 Å². The maximum absolute atomic E-state index is 12.7. The highest BCUT2D eigenvalue weighted by atomic mass is 16.5. The molecule has 0 aliphatic rings. The molecule has 3 aromatic rings. The van der Waals surface area contributed by atoms with Gasteiger partial charge in [0, 0.05) is 19.8 Å². The Bertz CT molecular complexity index is 1300. The first-order valence-electron chi connectivity index (χ1n) is 10.7. The first-order chi connectivity index (χ1) is 15.5. The van der Waals surface area contributed by atoms with E-state index in [0.29, 0.717) is 0 Å². The molecule has 0 radical (unpaired) electrons. The van der Waals surface area contributed by atoms with Crippen molar-refractivity contribution in [1.29, 1.82) is 0 Å². The highest BCUT2D eigenvalue weighted by molar-refractivity contribution is 5.94. The predicted octanol–water partition coefficient (Wildman–Crippen LogP) is 1.86. The number of anilines is 1. The molecule has 0 saturated heterocycles. The maximum Gasteiger partial charge on any atom is 0.333 e. The molecule has 176 valence electrons. The lowest BCUT2D eigenvalue weighted by Crippen LogP contribution is -2.41.